The van der Waals surface area contributed by atoms with Gasteiger partial charge in [-0.15, -0.1) is 0 Å². The Balaban J connectivity index is 1.65. The van der Waals surface area contributed by atoms with Gasteiger partial charge in [0.05, 0.1) is 6.54 Å². The lowest BCUT2D eigenvalue weighted by molar-refractivity contribution is -0.120. The Morgan fingerprint density at radius 2 is 1.45 bits per heavy atom. The normalized spacial score (nSPS) is 12.8. The van der Waals surface area contributed by atoms with Crippen molar-refractivity contribution in [1.29, 1.82) is 0 Å². The first-order valence-electron chi connectivity index (χ1n) is 9.59. The molecule has 0 saturated carbocycles. The molecule has 2 unspecified atom stereocenters. The van der Waals surface area contributed by atoms with E-state index in [1.807, 2.05) is 61.5 Å². The predicted octanol–water partition coefficient (Wildman–Crippen LogP) is 5.94. The summed E-state index contributed by atoms with van der Waals surface area (Å²) in [4.78, 5) is 12.5. The highest BCUT2D eigenvalue weighted by molar-refractivity contribution is 6.30. The molecule has 0 spiro atoms. The molecule has 1 amide bonds. The minimum atomic E-state index is -0.0514. The molecule has 0 aliphatic carbocycles. The topological polar surface area (TPSA) is 41.1 Å². The first-order chi connectivity index (χ1) is 14.0. The molecule has 3 aromatic carbocycles. The third-order valence-electron chi connectivity index (χ3n) is 4.89. The summed E-state index contributed by atoms with van der Waals surface area (Å²) in [5.41, 5.74) is 3.24. The molecule has 29 heavy (non-hydrogen) atoms. The molecule has 5 heteroatoms. The number of hydrogen-bond donors (Lipinski definition) is 2. The third kappa shape index (κ3) is 6.52. The Morgan fingerprint density at radius 1 is 0.862 bits per heavy atom. The monoisotopic (exact) mass is 426 g/mol. The summed E-state index contributed by atoms with van der Waals surface area (Å²) < 4.78 is 0. The molecule has 3 aromatic rings. The van der Waals surface area contributed by atoms with Gasteiger partial charge in [-0.05, 0) is 60.9 Å². The Hall–Kier alpha value is -2.49. The molecule has 0 aliphatic rings. The molecule has 2 atom stereocenters. The van der Waals surface area contributed by atoms with Crippen LogP contribution in [0.3, 0.4) is 0 Å². The quantitative estimate of drug-likeness (QED) is 0.467. The van der Waals surface area contributed by atoms with Crippen molar-refractivity contribution in [3.8, 4) is 0 Å². The molecule has 3 nitrogen and oxygen atoms in total. The van der Waals surface area contributed by atoms with E-state index in [1.165, 1.54) is 11.1 Å². The lowest BCUT2D eigenvalue weighted by Crippen LogP contribution is -2.40. The molecular formula is C24H24Cl2N2O. The highest BCUT2D eigenvalue weighted by atomic mass is 35.5. The number of benzene rings is 3. The Morgan fingerprint density at radius 3 is 2.07 bits per heavy atom. The lowest BCUT2D eigenvalue weighted by Gasteiger charge is -2.26. The van der Waals surface area contributed by atoms with Gasteiger partial charge in [-0.2, -0.15) is 0 Å². The number of hydrogen-bond acceptors (Lipinski definition) is 2. The zero-order valence-electron chi connectivity index (χ0n) is 16.2. The highest BCUT2D eigenvalue weighted by Crippen LogP contribution is 2.25. The van der Waals surface area contributed by atoms with Crippen molar-refractivity contribution in [2.24, 2.45) is 0 Å². The van der Waals surface area contributed by atoms with E-state index in [9.17, 15) is 4.79 Å². The Labute approximate surface area is 182 Å². The number of amides is 1. The fourth-order valence-electron chi connectivity index (χ4n) is 3.31. The fraction of sp³-hybridized carbons (Fsp3) is 0.208. The lowest BCUT2D eigenvalue weighted by atomic mass is 9.86. The number of carbonyl (C=O) groups excluding carboxylic acids is 1. The van der Waals surface area contributed by atoms with Crippen LogP contribution >= 0.6 is 23.2 Å². The van der Waals surface area contributed by atoms with Crippen molar-refractivity contribution in [1.82, 2.24) is 5.32 Å². The van der Waals surface area contributed by atoms with Gasteiger partial charge in [0.1, 0.15) is 0 Å². The second-order valence-electron chi connectivity index (χ2n) is 7.06. The summed E-state index contributed by atoms with van der Waals surface area (Å²) in [5.74, 6) is 0.0985. The fourth-order valence-corrected chi connectivity index (χ4v) is 3.57. The van der Waals surface area contributed by atoms with Crippen LogP contribution in [0.25, 0.3) is 0 Å². The van der Waals surface area contributed by atoms with Crippen molar-refractivity contribution < 1.29 is 4.79 Å². The van der Waals surface area contributed by atoms with E-state index in [0.29, 0.717) is 5.02 Å². The maximum atomic E-state index is 12.5. The van der Waals surface area contributed by atoms with Crippen LogP contribution in [0.4, 0.5) is 5.69 Å². The van der Waals surface area contributed by atoms with E-state index in [2.05, 4.69) is 22.8 Å². The molecule has 3 rings (SSSR count). The maximum absolute atomic E-state index is 12.5. The largest absolute Gasteiger partial charge is 0.376 e. The van der Waals surface area contributed by atoms with E-state index in [1.54, 1.807) is 12.1 Å². The highest BCUT2D eigenvalue weighted by Gasteiger charge is 2.21. The number of halogens is 2. The summed E-state index contributed by atoms with van der Waals surface area (Å²) in [5, 5.41) is 7.65. The Bertz CT molecular complexity index is 912. The van der Waals surface area contributed by atoms with Crippen LogP contribution in [0.15, 0.2) is 78.9 Å². The van der Waals surface area contributed by atoms with Crippen molar-refractivity contribution in [2.75, 3.05) is 11.9 Å². The van der Waals surface area contributed by atoms with Crippen LogP contribution in [0.1, 0.15) is 24.0 Å². The average Bonchev–Trinajstić information content (AvgIpc) is 2.73. The van der Waals surface area contributed by atoms with Crippen molar-refractivity contribution >= 4 is 34.8 Å². The van der Waals surface area contributed by atoms with Crippen LogP contribution in [0, 0.1) is 0 Å². The Kier molecular flexibility index (Phi) is 7.56. The number of anilines is 1. The summed E-state index contributed by atoms with van der Waals surface area (Å²) in [6.45, 7) is 2.25. The molecule has 2 N–H and O–H groups in total. The van der Waals surface area contributed by atoms with Gasteiger partial charge in [0.2, 0.25) is 5.91 Å². The van der Waals surface area contributed by atoms with Gasteiger partial charge in [0, 0.05) is 27.7 Å². The number of nitrogens with one attached hydrogen (secondary N) is 2. The third-order valence-corrected chi connectivity index (χ3v) is 5.39. The van der Waals surface area contributed by atoms with Crippen LogP contribution in [0.5, 0.6) is 0 Å². The molecular weight excluding hydrogens is 403 g/mol. The second-order valence-corrected chi connectivity index (χ2v) is 7.94. The number of carbonyl (C=O) groups is 1. The van der Waals surface area contributed by atoms with Crippen LogP contribution in [-0.2, 0) is 11.2 Å². The molecule has 0 radical (unpaired) electrons. The molecule has 0 saturated heterocycles. The molecule has 0 bridgehead atoms. The molecule has 0 heterocycles. The van der Waals surface area contributed by atoms with Gasteiger partial charge in [-0.3, -0.25) is 4.79 Å². The van der Waals surface area contributed by atoms with E-state index >= 15 is 0 Å². The van der Waals surface area contributed by atoms with Gasteiger partial charge in [0.25, 0.3) is 0 Å². The van der Waals surface area contributed by atoms with Crippen LogP contribution in [-0.4, -0.2) is 18.5 Å². The van der Waals surface area contributed by atoms with Crippen molar-refractivity contribution in [3.05, 3.63) is 100 Å². The van der Waals surface area contributed by atoms with Gasteiger partial charge in [-0.1, -0.05) is 65.7 Å². The van der Waals surface area contributed by atoms with Gasteiger partial charge >= 0.3 is 0 Å². The van der Waals surface area contributed by atoms with E-state index < -0.39 is 0 Å². The molecule has 0 aromatic heterocycles. The summed E-state index contributed by atoms with van der Waals surface area (Å²) in [7, 11) is 0. The first kappa shape index (κ1) is 21.2. The van der Waals surface area contributed by atoms with Crippen LogP contribution < -0.4 is 10.6 Å². The van der Waals surface area contributed by atoms with Crippen molar-refractivity contribution in [2.45, 2.75) is 25.3 Å². The molecule has 0 fully saturated rings. The van der Waals surface area contributed by atoms with Gasteiger partial charge < -0.3 is 10.6 Å². The van der Waals surface area contributed by atoms with Gasteiger partial charge in [-0.25, -0.2) is 0 Å². The standard InChI is InChI=1S/C24H24Cl2N2O/c1-17(28-24(29)16-27-22-13-11-21(26)12-14-22)23(19-5-3-2-4-6-19)15-18-7-9-20(25)10-8-18/h2-14,17,23,27H,15-16H2,1H3,(H,28,29). The van der Waals surface area contributed by atoms with Crippen LogP contribution in [0.2, 0.25) is 10.0 Å². The average molecular weight is 427 g/mol. The number of rotatable bonds is 8. The predicted molar refractivity (Wildman–Crippen MR) is 122 cm³/mol. The maximum Gasteiger partial charge on any atom is 0.239 e. The first-order valence-corrected chi connectivity index (χ1v) is 10.3. The summed E-state index contributed by atoms with van der Waals surface area (Å²) in [6, 6.07) is 25.4. The summed E-state index contributed by atoms with van der Waals surface area (Å²) in [6.07, 6.45) is 0.813. The minimum absolute atomic E-state index is 0.0346. The van der Waals surface area contributed by atoms with Crippen molar-refractivity contribution in [3.63, 3.8) is 0 Å². The van der Waals surface area contributed by atoms with Gasteiger partial charge in [0.15, 0.2) is 0 Å². The smallest absolute Gasteiger partial charge is 0.239 e. The SMILES string of the molecule is CC(NC(=O)CNc1ccc(Cl)cc1)C(Cc1ccc(Cl)cc1)c1ccccc1. The molecule has 150 valence electrons. The summed E-state index contributed by atoms with van der Waals surface area (Å²) >= 11 is 11.9. The second kappa shape index (κ2) is 10.3. The zero-order chi connectivity index (χ0) is 20.6. The molecule has 0 aliphatic heterocycles. The van der Waals surface area contributed by atoms with E-state index in [4.69, 9.17) is 23.2 Å². The zero-order valence-corrected chi connectivity index (χ0v) is 17.8. The van der Waals surface area contributed by atoms with E-state index in [-0.39, 0.29) is 24.4 Å². The van der Waals surface area contributed by atoms with E-state index in [0.717, 1.165) is 17.1 Å². The minimum Gasteiger partial charge on any atom is -0.376 e.